The molecule has 8 heteroatoms. The molecule has 1 amide bonds. The van der Waals surface area contributed by atoms with Gasteiger partial charge in [0.05, 0.1) is 30.8 Å². The number of amides is 1. The van der Waals surface area contributed by atoms with Crippen LogP contribution in [0.2, 0.25) is 0 Å². The van der Waals surface area contributed by atoms with E-state index >= 15 is 0 Å². The second-order valence-electron chi connectivity index (χ2n) is 7.03. The molecule has 0 spiro atoms. The van der Waals surface area contributed by atoms with E-state index in [2.05, 4.69) is 10.1 Å². The standard InChI is InChI=1S/C19H25N5O3/c20-7-5-18(25)23-9-1-2-14(11-23)12-26-15-3-4-16(21-10-15)17-6-8-22-24(17)19-13-27-19/h3-4,6,8,10,14,19H,1-2,5,7,9,11-13,20H2/t14-,19?/m1/s1. The van der Waals surface area contributed by atoms with E-state index in [4.69, 9.17) is 15.2 Å². The van der Waals surface area contributed by atoms with E-state index in [1.165, 1.54) is 0 Å². The number of aromatic nitrogens is 3. The summed E-state index contributed by atoms with van der Waals surface area (Å²) >= 11 is 0. The van der Waals surface area contributed by atoms with Crippen molar-refractivity contribution in [2.75, 3.05) is 32.8 Å². The second-order valence-corrected chi connectivity index (χ2v) is 7.03. The molecule has 0 saturated carbocycles. The Morgan fingerprint density at radius 3 is 3.00 bits per heavy atom. The van der Waals surface area contributed by atoms with Gasteiger partial charge in [-0.15, -0.1) is 0 Å². The van der Waals surface area contributed by atoms with Gasteiger partial charge in [-0.1, -0.05) is 0 Å². The van der Waals surface area contributed by atoms with E-state index < -0.39 is 0 Å². The van der Waals surface area contributed by atoms with Crippen molar-refractivity contribution in [1.29, 1.82) is 0 Å². The number of hydrogen-bond donors (Lipinski definition) is 1. The topological polar surface area (TPSA) is 98.8 Å². The van der Waals surface area contributed by atoms with Crippen molar-refractivity contribution in [2.24, 2.45) is 11.7 Å². The highest BCUT2D eigenvalue weighted by Crippen LogP contribution is 2.29. The summed E-state index contributed by atoms with van der Waals surface area (Å²) in [5.74, 6) is 1.22. The predicted octanol–water partition coefficient (Wildman–Crippen LogP) is 1.44. The molecule has 0 aliphatic carbocycles. The Morgan fingerprint density at radius 1 is 1.37 bits per heavy atom. The highest BCUT2D eigenvalue weighted by atomic mass is 16.6. The number of hydrogen-bond acceptors (Lipinski definition) is 6. The molecule has 2 N–H and O–H groups in total. The van der Waals surface area contributed by atoms with Gasteiger partial charge in [0.25, 0.3) is 0 Å². The van der Waals surface area contributed by atoms with Crippen LogP contribution in [0.3, 0.4) is 0 Å². The summed E-state index contributed by atoms with van der Waals surface area (Å²) in [7, 11) is 0. The van der Waals surface area contributed by atoms with E-state index in [-0.39, 0.29) is 12.1 Å². The number of nitrogens with two attached hydrogens (primary N) is 1. The molecule has 2 aromatic rings. The highest BCUT2D eigenvalue weighted by molar-refractivity contribution is 5.76. The first-order chi connectivity index (χ1) is 13.2. The third-order valence-corrected chi connectivity index (χ3v) is 4.97. The molecule has 4 rings (SSSR count). The maximum Gasteiger partial charge on any atom is 0.223 e. The molecule has 144 valence electrons. The second kappa shape index (κ2) is 8.06. The average Bonchev–Trinajstić information content (AvgIpc) is 3.44. The van der Waals surface area contributed by atoms with Gasteiger partial charge in [-0.05, 0) is 31.0 Å². The first kappa shape index (κ1) is 17.9. The van der Waals surface area contributed by atoms with E-state index in [0.29, 0.717) is 32.1 Å². The molecule has 2 saturated heterocycles. The lowest BCUT2D eigenvalue weighted by Crippen LogP contribution is -2.42. The van der Waals surface area contributed by atoms with Crippen LogP contribution in [0, 0.1) is 5.92 Å². The van der Waals surface area contributed by atoms with Gasteiger partial charge in [0, 0.05) is 38.2 Å². The summed E-state index contributed by atoms with van der Waals surface area (Å²) in [5.41, 5.74) is 7.27. The molecule has 27 heavy (non-hydrogen) atoms. The zero-order valence-corrected chi connectivity index (χ0v) is 15.3. The maximum absolute atomic E-state index is 12.0. The Hall–Kier alpha value is -2.45. The number of ether oxygens (including phenoxy) is 2. The van der Waals surface area contributed by atoms with Gasteiger partial charge in [0.2, 0.25) is 5.91 Å². The Kier molecular flexibility index (Phi) is 5.35. The van der Waals surface area contributed by atoms with Crippen molar-refractivity contribution >= 4 is 5.91 Å². The van der Waals surface area contributed by atoms with Crippen LogP contribution in [-0.4, -0.2) is 58.4 Å². The molecule has 0 radical (unpaired) electrons. The van der Waals surface area contributed by atoms with E-state index in [0.717, 1.165) is 43.1 Å². The number of rotatable bonds is 7. The molecule has 2 atom stereocenters. The number of nitrogens with zero attached hydrogens (tertiary/aromatic N) is 4. The fourth-order valence-electron chi connectivity index (χ4n) is 3.47. The molecule has 2 fully saturated rings. The van der Waals surface area contributed by atoms with Crippen molar-refractivity contribution < 1.29 is 14.3 Å². The molecule has 0 aromatic carbocycles. The predicted molar refractivity (Wildman–Crippen MR) is 98.9 cm³/mol. The van der Waals surface area contributed by atoms with Crippen LogP contribution in [0.1, 0.15) is 25.5 Å². The lowest BCUT2D eigenvalue weighted by Gasteiger charge is -2.32. The van der Waals surface area contributed by atoms with Crippen LogP contribution in [0.15, 0.2) is 30.6 Å². The summed E-state index contributed by atoms with van der Waals surface area (Å²) in [6.45, 7) is 3.25. The summed E-state index contributed by atoms with van der Waals surface area (Å²) in [6.07, 6.45) is 6.02. The largest absolute Gasteiger partial charge is 0.492 e. The van der Waals surface area contributed by atoms with Crippen LogP contribution < -0.4 is 10.5 Å². The Bertz CT molecular complexity index is 772. The molecular weight excluding hydrogens is 346 g/mol. The Balaban J connectivity index is 1.32. The number of pyridine rings is 1. The normalized spacial score (nSPS) is 21.9. The van der Waals surface area contributed by atoms with Crippen molar-refractivity contribution in [3.63, 3.8) is 0 Å². The van der Waals surface area contributed by atoms with Crippen LogP contribution in [0.4, 0.5) is 0 Å². The zero-order valence-electron chi connectivity index (χ0n) is 15.3. The molecule has 2 aliphatic rings. The number of piperidine rings is 1. The van der Waals surface area contributed by atoms with Gasteiger partial charge < -0.3 is 20.1 Å². The van der Waals surface area contributed by atoms with E-state index in [1.807, 2.05) is 27.8 Å². The minimum absolute atomic E-state index is 0.0314. The minimum atomic E-state index is 0.0314. The molecule has 8 nitrogen and oxygen atoms in total. The quantitative estimate of drug-likeness (QED) is 0.740. The third-order valence-electron chi connectivity index (χ3n) is 4.97. The number of carbonyl (C=O) groups excluding carboxylic acids is 1. The summed E-state index contributed by atoms with van der Waals surface area (Å²) in [5, 5.41) is 4.29. The molecule has 2 aromatic heterocycles. The lowest BCUT2D eigenvalue weighted by atomic mass is 9.98. The molecule has 1 unspecified atom stereocenters. The number of epoxide rings is 1. The van der Waals surface area contributed by atoms with Crippen molar-refractivity contribution in [1.82, 2.24) is 19.7 Å². The zero-order chi connectivity index (χ0) is 18.6. The number of carbonyl (C=O) groups is 1. The molecule has 2 aliphatic heterocycles. The molecule has 4 heterocycles. The fraction of sp³-hybridized carbons (Fsp3) is 0.526. The van der Waals surface area contributed by atoms with E-state index in [9.17, 15) is 4.79 Å². The van der Waals surface area contributed by atoms with Crippen LogP contribution in [0.25, 0.3) is 11.4 Å². The van der Waals surface area contributed by atoms with Gasteiger partial charge >= 0.3 is 0 Å². The summed E-state index contributed by atoms with van der Waals surface area (Å²) in [4.78, 5) is 18.4. The minimum Gasteiger partial charge on any atom is -0.492 e. The van der Waals surface area contributed by atoms with E-state index in [1.54, 1.807) is 12.4 Å². The van der Waals surface area contributed by atoms with Crippen LogP contribution >= 0.6 is 0 Å². The summed E-state index contributed by atoms with van der Waals surface area (Å²) in [6, 6.07) is 5.79. The van der Waals surface area contributed by atoms with Crippen molar-refractivity contribution in [3.8, 4) is 17.1 Å². The monoisotopic (exact) mass is 371 g/mol. The van der Waals surface area contributed by atoms with Crippen molar-refractivity contribution in [2.45, 2.75) is 25.5 Å². The van der Waals surface area contributed by atoms with Gasteiger partial charge in [0.15, 0.2) is 6.23 Å². The Labute approximate surface area is 158 Å². The third kappa shape index (κ3) is 4.28. The fourth-order valence-corrected chi connectivity index (χ4v) is 3.47. The Morgan fingerprint density at radius 2 is 2.26 bits per heavy atom. The maximum atomic E-state index is 12.0. The van der Waals surface area contributed by atoms with Crippen LogP contribution in [-0.2, 0) is 9.53 Å². The lowest BCUT2D eigenvalue weighted by molar-refractivity contribution is -0.133. The molecular formula is C19H25N5O3. The molecule has 0 bridgehead atoms. The first-order valence-electron chi connectivity index (χ1n) is 9.47. The smallest absolute Gasteiger partial charge is 0.223 e. The van der Waals surface area contributed by atoms with Gasteiger partial charge in [0.1, 0.15) is 5.75 Å². The van der Waals surface area contributed by atoms with Gasteiger partial charge in [-0.2, -0.15) is 5.10 Å². The first-order valence-corrected chi connectivity index (χ1v) is 9.47. The summed E-state index contributed by atoms with van der Waals surface area (Å²) < 4.78 is 13.1. The highest BCUT2D eigenvalue weighted by Gasteiger charge is 2.28. The van der Waals surface area contributed by atoms with Gasteiger partial charge in [-0.25, -0.2) is 4.68 Å². The van der Waals surface area contributed by atoms with Gasteiger partial charge in [-0.3, -0.25) is 9.78 Å². The SMILES string of the molecule is NCCC(=O)N1CCC[C@@H](COc2ccc(-c3ccnn3C3CO3)nc2)C1. The average molecular weight is 371 g/mol. The number of likely N-dealkylation sites (tertiary alicyclic amines) is 1. The van der Waals surface area contributed by atoms with Crippen LogP contribution in [0.5, 0.6) is 5.75 Å². The van der Waals surface area contributed by atoms with Crippen molar-refractivity contribution in [3.05, 3.63) is 30.6 Å².